The Balaban J connectivity index is 3.19. The van der Waals surface area contributed by atoms with Crippen molar-refractivity contribution in [3.05, 3.63) is 22.8 Å². The zero-order chi connectivity index (χ0) is 11.4. The van der Waals surface area contributed by atoms with E-state index in [2.05, 4.69) is 4.98 Å². The number of anilines is 1. The number of halogens is 1. The number of pyridine rings is 1. The lowest BCUT2D eigenvalue weighted by Crippen LogP contribution is -2.24. The van der Waals surface area contributed by atoms with E-state index in [1.165, 1.54) is 0 Å². The molecule has 3 N–H and O–H groups in total. The highest BCUT2D eigenvalue weighted by Crippen LogP contribution is 2.26. The first-order valence-corrected chi connectivity index (χ1v) is 5.23. The molecule has 4 nitrogen and oxygen atoms in total. The van der Waals surface area contributed by atoms with Crippen LogP contribution < -0.4 is 10.6 Å². The number of hydrogen-bond donors (Lipinski definition) is 2. The minimum atomic E-state index is -0.0317. The van der Waals surface area contributed by atoms with E-state index >= 15 is 0 Å². The number of nitrogens with two attached hydrogens (primary N) is 1. The summed E-state index contributed by atoms with van der Waals surface area (Å²) in [6, 6.07) is 1.65. The number of aromatic nitrogens is 1. The Kier molecular flexibility index (Phi) is 3.91. The van der Waals surface area contributed by atoms with Crippen molar-refractivity contribution in [2.75, 3.05) is 18.0 Å². The molecule has 0 fully saturated rings. The maximum atomic E-state index is 7.38. The first kappa shape index (κ1) is 11.8. The molecular weight excluding hydrogens is 212 g/mol. The van der Waals surface area contributed by atoms with Crippen molar-refractivity contribution in [1.29, 1.82) is 5.41 Å². The topological polar surface area (TPSA) is 66.0 Å². The van der Waals surface area contributed by atoms with Gasteiger partial charge in [-0.15, -0.1) is 0 Å². The summed E-state index contributed by atoms with van der Waals surface area (Å²) >= 11 is 6.13. The third-order valence-corrected chi connectivity index (χ3v) is 2.60. The lowest BCUT2D eigenvalue weighted by atomic mass is 10.2. The van der Waals surface area contributed by atoms with Gasteiger partial charge in [0.05, 0.1) is 5.02 Å². The van der Waals surface area contributed by atoms with Crippen molar-refractivity contribution in [1.82, 2.24) is 4.98 Å². The first-order valence-electron chi connectivity index (χ1n) is 4.85. The molecule has 0 spiro atoms. The van der Waals surface area contributed by atoms with Crippen LogP contribution in [0.5, 0.6) is 0 Å². The summed E-state index contributed by atoms with van der Waals surface area (Å²) in [7, 11) is 0. The van der Waals surface area contributed by atoms with Crippen LogP contribution in [0, 0.1) is 5.41 Å². The molecular formula is C10H15ClN4. The molecule has 0 aliphatic rings. The monoisotopic (exact) mass is 226 g/mol. The fraction of sp³-hybridized carbons (Fsp3) is 0.400. The van der Waals surface area contributed by atoms with Crippen LogP contribution in [0.15, 0.2) is 12.3 Å². The Morgan fingerprint density at radius 3 is 2.60 bits per heavy atom. The predicted octanol–water partition coefficient (Wildman–Crippen LogP) is 1.87. The summed E-state index contributed by atoms with van der Waals surface area (Å²) < 4.78 is 0. The van der Waals surface area contributed by atoms with Crippen molar-refractivity contribution in [3.8, 4) is 0 Å². The van der Waals surface area contributed by atoms with Gasteiger partial charge in [-0.25, -0.2) is 4.98 Å². The number of hydrogen-bond acceptors (Lipinski definition) is 3. The van der Waals surface area contributed by atoms with Crippen molar-refractivity contribution < 1.29 is 0 Å². The third-order valence-electron chi connectivity index (χ3n) is 2.22. The Morgan fingerprint density at radius 2 is 2.13 bits per heavy atom. The fourth-order valence-corrected chi connectivity index (χ4v) is 1.72. The molecule has 5 heteroatoms. The van der Waals surface area contributed by atoms with Crippen LogP contribution in [0.25, 0.3) is 0 Å². The molecule has 1 aromatic heterocycles. The third kappa shape index (κ3) is 2.39. The van der Waals surface area contributed by atoms with Crippen molar-refractivity contribution in [2.24, 2.45) is 5.73 Å². The van der Waals surface area contributed by atoms with Gasteiger partial charge >= 0.3 is 0 Å². The minimum absolute atomic E-state index is 0.0317. The molecule has 82 valence electrons. The van der Waals surface area contributed by atoms with Crippen LogP contribution in [-0.2, 0) is 0 Å². The summed E-state index contributed by atoms with van der Waals surface area (Å²) in [4.78, 5) is 6.23. The van der Waals surface area contributed by atoms with E-state index in [1.54, 1.807) is 12.3 Å². The highest BCUT2D eigenvalue weighted by molar-refractivity contribution is 6.36. The molecule has 0 radical (unpaired) electrons. The number of rotatable bonds is 4. The Morgan fingerprint density at radius 1 is 1.53 bits per heavy atom. The van der Waals surface area contributed by atoms with Crippen molar-refractivity contribution in [3.63, 3.8) is 0 Å². The van der Waals surface area contributed by atoms with Crippen LogP contribution in [0.1, 0.15) is 19.4 Å². The van der Waals surface area contributed by atoms with Gasteiger partial charge in [-0.3, -0.25) is 5.41 Å². The molecule has 0 saturated heterocycles. The van der Waals surface area contributed by atoms with Gasteiger partial charge in [-0.2, -0.15) is 0 Å². The number of amidine groups is 1. The fourth-order valence-electron chi connectivity index (χ4n) is 1.38. The second-order valence-corrected chi connectivity index (χ2v) is 3.46. The molecule has 1 rings (SSSR count). The molecule has 0 aliphatic carbocycles. The van der Waals surface area contributed by atoms with E-state index in [4.69, 9.17) is 22.7 Å². The zero-order valence-corrected chi connectivity index (χ0v) is 9.67. The molecule has 0 unspecified atom stereocenters. The average Bonchev–Trinajstić information content (AvgIpc) is 2.21. The first-order chi connectivity index (χ1) is 7.11. The molecule has 1 aromatic rings. The van der Waals surface area contributed by atoms with Crippen LogP contribution >= 0.6 is 11.6 Å². The molecule has 0 saturated carbocycles. The lowest BCUT2D eigenvalue weighted by molar-refractivity contribution is 0.846. The van der Waals surface area contributed by atoms with Gasteiger partial charge < -0.3 is 10.6 Å². The summed E-state index contributed by atoms with van der Waals surface area (Å²) in [5, 5.41) is 7.83. The van der Waals surface area contributed by atoms with Gasteiger partial charge in [0, 0.05) is 24.8 Å². The van der Waals surface area contributed by atoms with Crippen LogP contribution in [0.4, 0.5) is 5.82 Å². The van der Waals surface area contributed by atoms with E-state index in [1.807, 2.05) is 18.7 Å². The summed E-state index contributed by atoms with van der Waals surface area (Å²) in [6.45, 7) is 5.71. The molecule has 15 heavy (non-hydrogen) atoms. The second kappa shape index (κ2) is 4.98. The maximum Gasteiger partial charge on any atom is 0.148 e. The standard InChI is InChI=1S/C10H15ClN4/c1-3-15(4-2)10-8(11)7(9(12)13)5-6-14-10/h5-6H,3-4H2,1-2H3,(H3,12,13). The lowest BCUT2D eigenvalue weighted by Gasteiger charge is -2.21. The minimum Gasteiger partial charge on any atom is -0.384 e. The second-order valence-electron chi connectivity index (χ2n) is 3.08. The Bertz CT molecular complexity index is 360. The SMILES string of the molecule is CCN(CC)c1nccc(C(=N)N)c1Cl. The van der Waals surface area contributed by atoms with E-state index < -0.39 is 0 Å². The average molecular weight is 227 g/mol. The highest BCUT2D eigenvalue weighted by Gasteiger charge is 2.13. The quantitative estimate of drug-likeness (QED) is 0.609. The van der Waals surface area contributed by atoms with Gasteiger partial charge in [0.15, 0.2) is 0 Å². The normalized spacial score (nSPS) is 10.1. The van der Waals surface area contributed by atoms with E-state index in [-0.39, 0.29) is 5.84 Å². The summed E-state index contributed by atoms with van der Waals surface area (Å²) in [6.07, 6.45) is 1.62. The van der Waals surface area contributed by atoms with Gasteiger partial charge in [0.1, 0.15) is 11.7 Å². The molecule has 0 amide bonds. The van der Waals surface area contributed by atoms with E-state index in [0.29, 0.717) is 16.4 Å². The van der Waals surface area contributed by atoms with E-state index in [9.17, 15) is 0 Å². The maximum absolute atomic E-state index is 7.38. The van der Waals surface area contributed by atoms with Crippen LogP contribution in [-0.4, -0.2) is 23.9 Å². The van der Waals surface area contributed by atoms with E-state index in [0.717, 1.165) is 13.1 Å². The van der Waals surface area contributed by atoms with Gasteiger partial charge in [-0.05, 0) is 19.9 Å². The predicted molar refractivity (Wildman–Crippen MR) is 63.8 cm³/mol. The highest BCUT2D eigenvalue weighted by atomic mass is 35.5. The van der Waals surface area contributed by atoms with Crippen LogP contribution in [0.3, 0.4) is 0 Å². The zero-order valence-electron chi connectivity index (χ0n) is 8.92. The summed E-state index contributed by atoms with van der Waals surface area (Å²) in [5.74, 6) is 0.658. The molecule has 0 aromatic carbocycles. The summed E-state index contributed by atoms with van der Waals surface area (Å²) in [5.41, 5.74) is 5.95. The Labute approximate surface area is 94.6 Å². The smallest absolute Gasteiger partial charge is 0.148 e. The molecule has 0 aliphatic heterocycles. The Hall–Kier alpha value is -1.29. The molecule has 1 heterocycles. The molecule has 0 bridgehead atoms. The molecule has 0 atom stereocenters. The van der Waals surface area contributed by atoms with Crippen LogP contribution in [0.2, 0.25) is 5.02 Å². The van der Waals surface area contributed by atoms with Gasteiger partial charge in [0.2, 0.25) is 0 Å². The number of nitrogen functional groups attached to an aromatic ring is 1. The van der Waals surface area contributed by atoms with Crippen molar-refractivity contribution >= 4 is 23.3 Å². The largest absolute Gasteiger partial charge is 0.384 e. The van der Waals surface area contributed by atoms with Crippen molar-refractivity contribution in [2.45, 2.75) is 13.8 Å². The number of nitrogens with zero attached hydrogens (tertiary/aromatic N) is 2. The number of nitrogens with one attached hydrogen (secondary N) is 1. The van der Waals surface area contributed by atoms with Gasteiger partial charge in [-0.1, -0.05) is 11.6 Å². The van der Waals surface area contributed by atoms with Gasteiger partial charge in [0.25, 0.3) is 0 Å².